The van der Waals surface area contributed by atoms with Crippen LogP contribution in [-0.2, 0) is 9.47 Å². The summed E-state index contributed by atoms with van der Waals surface area (Å²) >= 11 is 0. The van der Waals surface area contributed by atoms with Crippen molar-refractivity contribution in [2.45, 2.75) is 30.5 Å². The third-order valence-electron chi connectivity index (χ3n) is 3.57. The maximum atomic E-state index is 6.16. The molecule has 0 spiro atoms. The number of fused-ring (bicyclic) bond motifs is 2. The van der Waals surface area contributed by atoms with Gasteiger partial charge in [-0.2, -0.15) is 0 Å². The third kappa shape index (κ3) is 1.56. The number of nitrogens with two attached hydrogens (primary N) is 1. The summed E-state index contributed by atoms with van der Waals surface area (Å²) in [5.41, 5.74) is 6.27. The van der Waals surface area contributed by atoms with E-state index in [1.54, 1.807) is 0 Å². The molecule has 4 nitrogen and oxygen atoms in total. The fraction of sp³-hybridized carbons (Fsp3) is 1.00. The molecule has 2 bridgehead atoms. The molecule has 1 aliphatic carbocycles. The van der Waals surface area contributed by atoms with Gasteiger partial charge in [-0.3, -0.25) is 4.90 Å². The average molecular weight is 198 g/mol. The third-order valence-corrected chi connectivity index (χ3v) is 3.57. The molecule has 3 fully saturated rings. The van der Waals surface area contributed by atoms with Crippen LogP contribution in [0, 0.1) is 0 Å². The Morgan fingerprint density at radius 3 is 2.00 bits per heavy atom. The van der Waals surface area contributed by atoms with Gasteiger partial charge < -0.3 is 15.2 Å². The first-order valence-electron chi connectivity index (χ1n) is 5.47. The Bertz CT molecular complexity index is 208. The van der Waals surface area contributed by atoms with E-state index in [1.165, 1.54) is 12.8 Å². The molecule has 2 N–H and O–H groups in total. The van der Waals surface area contributed by atoms with Gasteiger partial charge in [-0.05, 0) is 12.8 Å². The lowest BCUT2D eigenvalue weighted by atomic mass is 10.1. The van der Waals surface area contributed by atoms with Crippen LogP contribution < -0.4 is 5.73 Å². The molecule has 2 heterocycles. The minimum absolute atomic E-state index is 0.116. The molecule has 1 saturated carbocycles. The van der Waals surface area contributed by atoms with Gasteiger partial charge in [-0.1, -0.05) is 0 Å². The first-order chi connectivity index (χ1) is 6.77. The summed E-state index contributed by atoms with van der Waals surface area (Å²) in [5.74, 6) is 0. The highest BCUT2D eigenvalue weighted by Gasteiger charge is 2.45. The van der Waals surface area contributed by atoms with Crippen molar-refractivity contribution in [3.05, 3.63) is 0 Å². The lowest BCUT2D eigenvalue weighted by Gasteiger charge is -2.46. The highest BCUT2D eigenvalue weighted by atomic mass is 16.5. The highest BCUT2D eigenvalue weighted by Crippen LogP contribution is 2.35. The van der Waals surface area contributed by atoms with Crippen LogP contribution in [0.1, 0.15) is 12.8 Å². The first kappa shape index (κ1) is 9.09. The molecule has 0 amide bonds. The molecule has 3 aliphatic rings. The van der Waals surface area contributed by atoms with Crippen molar-refractivity contribution in [1.29, 1.82) is 0 Å². The smallest absolute Gasteiger partial charge is 0.0645 e. The van der Waals surface area contributed by atoms with Crippen LogP contribution in [0.4, 0.5) is 0 Å². The number of hydrogen-bond donors (Lipinski definition) is 1. The molecule has 0 unspecified atom stereocenters. The van der Waals surface area contributed by atoms with Crippen molar-refractivity contribution in [3.8, 4) is 0 Å². The van der Waals surface area contributed by atoms with Crippen LogP contribution >= 0.6 is 0 Å². The average Bonchev–Trinajstić information content (AvgIpc) is 2.83. The Kier molecular flexibility index (Phi) is 2.06. The van der Waals surface area contributed by atoms with Crippen molar-refractivity contribution in [2.24, 2.45) is 5.73 Å². The molecule has 2 aliphatic heterocycles. The fourth-order valence-corrected chi connectivity index (χ4v) is 2.40. The van der Waals surface area contributed by atoms with Gasteiger partial charge >= 0.3 is 0 Å². The predicted octanol–water partition coefficient (Wildman–Crippen LogP) is -0.423. The van der Waals surface area contributed by atoms with Gasteiger partial charge in [0.2, 0.25) is 0 Å². The van der Waals surface area contributed by atoms with Crippen LogP contribution in [0.2, 0.25) is 0 Å². The molecule has 14 heavy (non-hydrogen) atoms. The molecule has 0 atom stereocenters. The molecule has 0 aromatic carbocycles. The topological polar surface area (TPSA) is 47.7 Å². The Hall–Kier alpha value is -0.160. The summed E-state index contributed by atoms with van der Waals surface area (Å²) in [6.07, 6.45) is 2.37. The van der Waals surface area contributed by atoms with Crippen molar-refractivity contribution >= 4 is 0 Å². The molecule has 0 aromatic heterocycles. The van der Waals surface area contributed by atoms with E-state index < -0.39 is 0 Å². The van der Waals surface area contributed by atoms with Crippen molar-refractivity contribution < 1.29 is 9.47 Å². The van der Waals surface area contributed by atoms with E-state index in [9.17, 15) is 0 Å². The van der Waals surface area contributed by atoms with E-state index in [0.29, 0.717) is 12.1 Å². The summed E-state index contributed by atoms with van der Waals surface area (Å²) in [6.45, 7) is 4.29. The van der Waals surface area contributed by atoms with Gasteiger partial charge in [-0.15, -0.1) is 0 Å². The lowest BCUT2D eigenvalue weighted by Crippen LogP contribution is -2.62. The van der Waals surface area contributed by atoms with E-state index in [1.807, 2.05) is 0 Å². The number of hydrogen-bond acceptors (Lipinski definition) is 4. The van der Waals surface area contributed by atoms with Crippen molar-refractivity contribution in [3.63, 3.8) is 0 Å². The largest absolute Gasteiger partial charge is 0.378 e. The fourth-order valence-electron chi connectivity index (χ4n) is 2.40. The number of morpholine rings is 2. The van der Waals surface area contributed by atoms with Gasteiger partial charge in [-0.25, -0.2) is 0 Å². The van der Waals surface area contributed by atoms with E-state index in [2.05, 4.69) is 4.90 Å². The molecule has 0 aromatic rings. The normalized spacial score (nSPS) is 40.9. The number of nitrogens with zero attached hydrogens (tertiary/aromatic N) is 1. The molecular weight excluding hydrogens is 180 g/mol. The van der Waals surface area contributed by atoms with Gasteiger partial charge in [0, 0.05) is 12.1 Å². The lowest BCUT2D eigenvalue weighted by molar-refractivity contribution is -0.139. The Morgan fingerprint density at radius 2 is 1.57 bits per heavy atom. The van der Waals surface area contributed by atoms with Crippen LogP contribution in [0.15, 0.2) is 0 Å². The minimum Gasteiger partial charge on any atom is -0.378 e. The first-order valence-corrected chi connectivity index (χ1v) is 5.47. The monoisotopic (exact) mass is 198 g/mol. The molecule has 0 radical (unpaired) electrons. The van der Waals surface area contributed by atoms with Crippen LogP contribution in [-0.4, -0.2) is 55.5 Å². The van der Waals surface area contributed by atoms with Gasteiger partial charge in [0.15, 0.2) is 0 Å². The highest BCUT2D eigenvalue weighted by molar-refractivity contribution is 5.04. The summed E-state index contributed by atoms with van der Waals surface area (Å²) in [7, 11) is 0. The van der Waals surface area contributed by atoms with Crippen LogP contribution in [0.5, 0.6) is 0 Å². The molecule has 4 heteroatoms. The van der Waals surface area contributed by atoms with Crippen molar-refractivity contribution in [1.82, 2.24) is 4.90 Å². The van der Waals surface area contributed by atoms with Gasteiger partial charge in [0.1, 0.15) is 0 Å². The second kappa shape index (κ2) is 3.17. The SMILES string of the molecule is NC1(CN2C3COCC2COC3)CC1. The van der Waals surface area contributed by atoms with Crippen LogP contribution in [0.25, 0.3) is 0 Å². The number of ether oxygens (including phenoxy) is 2. The van der Waals surface area contributed by atoms with E-state index in [0.717, 1.165) is 33.0 Å². The zero-order valence-electron chi connectivity index (χ0n) is 8.45. The standard InChI is InChI=1S/C10H18N2O2/c11-10(1-2-10)7-12-8-3-13-5-9(12)6-14-4-8/h8-9H,1-7,11H2. The predicted molar refractivity (Wildman–Crippen MR) is 52.1 cm³/mol. The summed E-state index contributed by atoms with van der Waals surface area (Å²) < 4.78 is 11.1. The summed E-state index contributed by atoms with van der Waals surface area (Å²) in [6, 6.07) is 0.895. The Labute approximate surface area is 84.3 Å². The minimum atomic E-state index is 0.116. The maximum Gasteiger partial charge on any atom is 0.0645 e. The second-order valence-corrected chi connectivity index (χ2v) is 4.92. The maximum absolute atomic E-state index is 6.16. The molecular formula is C10H18N2O2. The summed E-state index contributed by atoms with van der Waals surface area (Å²) in [5, 5.41) is 0. The van der Waals surface area contributed by atoms with E-state index in [-0.39, 0.29) is 5.54 Å². The zero-order chi connectivity index (χ0) is 9.60. The summed E-state index contributed by atoms with van der Waals surface area (Å²) in [4.78, 5) is 2.51. The van der Waals surface area contributed by atoms with Gasteiger partial charge in [0.25, 0.3) is 0 Å². The van der Waals surface area contributed by atoms with Gasteiger partial charge in [0.05, 0.1) is 38.5 Å². The molecule has 2 saturated heterocycles. The Morgan fingerprint density at radius 1 is 1.07 bits per heavy atom. The van der Waals surface area contributed by atoms with Crippen molar-refractivity contribution in [2.75, 3.05) is 33.0 Å². The van der Waals surface area contributed by atoms with Crippen LogP contribution in [0.3, 0.4) is 0 Å². The van der Waals surface area contributed by atoms with E-state index >= 15 is 0 Å². The zero-order valence-corrected chi connectivity index (χ0v) is 8.45. The molecule has 80 valence electrons. The van der Waals surface area contributed by atoms with E-state index in [4.69, 9.17) is 15.2 Å². The number of rotatable bonds is 2. The second-order valence-electron chi connectivity index (χ2n) is 4.92. The Balaban J connectivity index is 1.69. The quantitative estimate of drug-likeness (QED) is 0.654. The molecule has 3 rings (SSSR count).